The van der Waals surface area contributed by atoms with Crippen molar-refractivity contribution in [2.75, 3.05) is 10.2 Å². The monoisotopic (exact) mass is 529 g/mol. The van der Waals surface area contributed by atoms with Crippen LogP contribution in [0, 0.1) is 6.92 Å². The van der Waals surface area contributed by atoms with Crippen LogP contribution in [0.2, 0.25) is 0 Å². The second kappa shape index (κ2) is 9.74. The summed E-state index contributed by atoms with van der Waals surface area (Å²) in [5, 5.41) is 14.6. The predicted octanol–water partition coefficient (Wildman–Crippen LogP) is 4.03. The van der Waals surface area contributed by atoms with Crippen LogP contribution in [-0.2, 0) is 21.4 Å². The van der Waals surface area contributed by atoms with Crippen LogP contribution in [0.5, 0.6) is 0 Å². The highest BCUT2D eigenvalue weighted by Gasteiger charge is 2.35. The molecular weight excluding hydrogens is 506 g/mol. The number of fused-ring (bicyclic) bond motifs is 2. The van der Waals surface area contributed by atoms with Gasteiger partial charge in [0.1, 0.15) is 4.90 Å². The lowest BCUT2D eigenvalue weighted by atomic mass is 10.1. The Morgan fingerprint density at radius 2 is 1.70 bits per heavy atom. The zero-order valence-electron chi connectivity index (χ0n) is 19.8. The Kier molecular flexibility index (Phi) is 6.46. The summed E-state index contributed by atoms with van der Waals surface area (Å²) in [5.41, 5.74) is 6.51. The largest absolute Gasteiger partial charge is 0.330 e. The molecule has 0 unspecified atom stereocenters. The number of anilines is 2. The molecule has 1 aliphatic heterocycles. The molecule has 0 spiro atoms. The number of carbonyl (C=O) groups is 1. The summed E-state index contributed by atoms with van der Waals surface area (Å²) < 4.78 is 23.7. The van der Waals surface area contributed by atoms with Crippen LogP contribution in [0.1, 0.15) is 16.7 Å². The average Bonchev–Trinajstić information content (AvgIpc) is 3.14. The van der Waals surface area contributed by atoms with E-state index in [0.29, 0.717) is 12.1 Å². The number of hydrogen-bond donors (Lipinski definition) is 3. The predicted molar refractivity (Wildman–Crippen MR) is 150 cm³/mol. The van der Waals surface area contributed by atoms with E-state index in [1.165, 1.54) is 12.1 Å². The average molecular weight is 530 g/mol. The van der Waals surface area contributed by atoms with E-state index in [1.807, 2.05) is 61.5 Å². The molecule has 0 radical (unpaired) electrons. The van der Waals surface area contributed by atoms with Gasteiger partial charge in [-0.15, -0.1) is 0 Å². The van der Waals surface area contributed by atoms with Crippen molar-refractivity contribution in [3.63, 3.8) is 0 Å². The van der Waals surface area contributed by atoms with E-state index in [4.69, 9.17) is 17.4 Å². The van der Waals surface area contributed by atoms with E-state index >= 15 is 0 Å². The molecule has 0 aliphatic carbocycles. The number of primary sulfonamides is 1. The Morgan fingerprint density at radius 3 is 2.49 bits per heavy atom. The Hall–Kier alpha value is -4.12. The van der Waals surface area contributed by atoms with Gasteiger partial charge in [-0.2, -0.15) is 5.10 Å². The van der Waals surface area contributed by atoms with Gasteiger partial charge in [-0.3, -0.25) is 10.2 Å². The Bertz CT molecular complexity index is 1700. The number of nitrogens with one attached hydrogen (secondary N) is 2. The molecular formula is C27H23N5O3S2. The highest BCUT2D eigenvalue weighted by molar-refractivity contribution is 7.89. The summed E-state index contributed by atoms with van der Waals surface area (Å²) in [4.78, 5) is 15.1. The number of amides is 1. The fourth-order valence-electron chi connectivity index (χ4n) is 4.41. The number of benzene rings is 4. The molecule has 4 N–H and O–H groups in total. The zero-order valence-corrected chi connectivity index (χ0v) is 21.4. The van der Waals surface area contributed by atoms with E-state index in [0.717, 1.165) is 27.6 Å². The molecule has 0 fully saturated rings. The van der Waals surface area contributed by atoms with Crippen LogP contribution in [-0.4, -0.2) is 25.1 Å². The fourth-order valence-corrected chi connectivity index (χ4v) is 5.26. The number of aryl methyl sites for hydroxylation is 1. The molecule has 4 aromatic rings. The molecule has 0 saturated carbocycles. The first-order chi connectivity index (χ1) is 17.7. The maximum absolute atomic E-state index is 13.5. The molecule has 186 valence electrons. The maximum Gasteiger partial charge on any atom is 0.279 e. The van der Waals surface area contributed by atoms with Gasteiger partial charge in [0, 0.05) is 5.56 Å². The number of sulfonamides is 1. The van der Waals surface area contributed by atoms with Crippen molar-refractivity contribution in [3.05, 3.63) is 102 Å². The highest BCUT2D eigenvalue weighted by Crippen LogP contribution is 2.34. The van der Waals surface area contributed by atoms with Crippen molar-refractivity contribution in [1.82, 2.24) is 5.43 Å². The van der Waals surface area contributed by atoms with Crippen LogP contribution >= 0.6 is 12.2 Å². The maximum atomic E-state index is 13.5. The molecule has 0 bridgehead atoms. The Labute approximate surface area is 219 Å². The van der Waals surface area contributed by atoms with Crippen molar-refractivity contribution >= 4 is 61.1 Å². The molecule has 8 nitrogen and oxygen atoms in total. The first-order valence-corrected chi connectivity index (χ1v) is 13.3. The summed E-state index contributed by atoms with van der Waals surface area (Å²) >= 11 is 5.31. The van der Waals surface area contributed by atoms with Crippen molar-refractivity contribution in [2.24, 2.45) is 10.2 Å². The normalized spacial score (nSPS) is 14.2. The molecule has 4 aromatic carbocycles. The van der Waals surface area contributed by atoms with E-state index in [1.54, 1.807) is 17.0 Å². The molecule has 5 rings (SSSR count). The fraction of sp³-hybridized carbons (Fsp3) is 0.0741. The summed E-state index contributed by atoms with van der Waals surface area (Å²) in [6, 6.07) is 26.0. The standard InChI is InChI=1S/C27H23N5O3S2/c1-17-7-6-10-21-24(30-31-27(36)29-22-11-4-5-12-23(22)37(28,34)35)26(33)32(25(17)21)16-18-13-14-19-8-2-3-9-20(19)15-18/h2-15H,16H2,1H3,(H2,28,34,35)(H2,29,31,36). The van der Waals surface area contributed by atoms with Gasteiger partial charge in [0.25, 0.3) is 5.91 Å². The second-order valence-corrected chi connectivity index (χ2v) is 10.5. The van der Waals surface area contributed by atoms with Crippen LogP contribution in [0.15, 0.2) is 94.9 Å². The van der Waals surface area contributed by atoms with E-state index in [2.05, 4.69) is 21.9 Å². The van der Waals surface area contributed by atoms with Crippen molar-refractivity contribution in [1.29, 1.82) is 0 Å². The minimum atomic E-state index is -3.96. The number of nitrogens with zero attached hydrogens (tertiary/aromatic N) is 2. The highest BCUT2D eigenvalue weighted by atomic mass is 32.2. The molecule has 0 aromatic heterocycles. The van der Waals surface area contributed by atoms with Gasteiger partial charge < -0.3 is 10.2 Å². The van der Waals surface area contributed by atoms with Crippen LogP contribution in [0.25, 0.3) is 10.8 Å². The lowest BCUT2D eigenvalue weighted by molar-refractivity contribution is -0.112. The van der Waals surface area contributed by atoms with E-state index in [-0.39, 0.29) is 27.3 Å². The van der Waals surface area contributed by atoms with Gasteiger partial charge in [0.15, 0.2) is 10.8 Å². The molecule has 1 heterocycles. The molecule has 1 amide bonds. The lowest BCUT2D eigenvalue weighted by Gasteiger charge is -2.19. The van der Waals surface area contributed by atoms with Gasteiger partial charge in [0.05, 0.1) is 17.9 Å². The van der Waals surface area contributed by atoms with Gasteiger partial charge >= 0.3 is 0 Å². The van der Waals surface area contributed by atoms with Crippen LogP contribution in [0.3, 0.4) is 0 Å². The minimum Gasteiger partial charge on any atom is -0.330 e. The topological polar surface area (TPSA) is 117 Å². The van der Waals surface area contributed by atoms with Gasteiger partial charge in [0.2, 0.25) is 10.0 Å². The summed E-state index contributed by atoms with van der Waals surface area (Å²) in [5.74, 6) is -0.266. The second-order valence-electron chi connectivity index (χ2n) is 8.61. The Balaban J connectivity index is 1.41. The third-order valence-corrected chi connectivity index (χ3v) is 7.24. The smallest absolute Gasteiger partial charge is 0.279 e. The molecule has 1 aliphatic rings. The molecule has 0 saturated heterocycles. The number of hydrazone groups is 1. The first kappa shape index (κ1) is 24.6. The number of para-hydroxylation sites is 2. The number of rotatable bonds is 5. The van der Waals surface area contributed by atoms with Crippen molar-refractivity contribution in [2.45, 2.75) is 18.4 Å². The van der Waals surface area contributed by atoms with Crippen LogP contribution in [0.4, 0.5) is 11.4 Å². The van der Waals surface area contributed by atoms with Gasteiger partial charge in [-0.25, -0.2) is 13.6 Å². The third kappa shape index (κ3) is 4.94. The van der Waals surface area contributed by atoms with Gasteiger partial charge in [-0.05, 0) is 59.2 Å². The van der Waals surface area contributed by atoms with Crippen molar-refractivity contribution in [3.8, 4) is 0 Å². The zero-order chi connectivity index (χ0) is 26.2. The van der Waals surface area contributed by atoms with Crippen molar-refractivity contribution < 1.29 is 13.2 Å². The number of thiocarbonyl (C=S) groups is 1. The number of hydrogen-bond acceptors (Lipinski definition) is 5. The first-order valence-electron chi connectivity index (χ1n) is 11.4. The number of nitrogens with two attached hydrogens (primary N) is 1. The quantitative estimate of drug-likeness (QED) is 0.265. The molecule has 37 heavy (non-hydrogen) atoms. The molecule has 10 heteroatoms. The lowest BCUT2D eigenvalue weighted by Crippen LogP contribution is -2.32. The SMILES string of the molecule is Cc1cccc2c1N(Cc1ccc3ccccc3c1)C(=O)C2=NNC(=S)Nc1ccccc1S(N)(=O)=O. The molecule has 0 atom stereocenters. The summed E-state index contributed by atoms with van der Waals surface area (Å²) in [6.45, 7) is 2.33. The number of carbonyl (C=O) groups excluding carboxylic acids is 1. The minimum absolute atomic E-state index is 0.0126. The van der Waals surface area contributed by atoms with Gasteiger partial charge in [-0.1, -0.05) is 66.7 Å². The summed E-state index contributed by atoms with van der Waals surface area (Å²) in [7, 11) is -3.96. The van der Waals surface area contributed by atoms with E-state index in [9.17, 15) is 13.2 Å². The van der Waals surface area contributed by atoms with Crippen LogP contribution < -0.4 is 20.8 Å². The third-order valence-electron chi connectivity index (χ3n) is 6.08. The van der Waals surface area contributed by atoms with E-state index < -0.39 is 10.0 Å². The Morgan fingerprint density at radius 1 is 0.973 bits per heavy atom. The summed E-state index contributed by atoms with van der Waals surface area (Å²) in [6.07, 6.45) is 0.